The van der Waals surface area contributed by atoms with E-state index in [2.05, 4.69) is 0 Å². The van der Waals surface area contributed by atoms with Gasteiger partial charge < -0.3 is 14.6 Å². The molecule has 6 nitrogen and oxygen atoms in total. The van der Waals surface area contributed by atoms with Crippen LogP contribution in [-0.2, 0) is 14.6 Å². The minimum Gasteiger partial charge on any atom is -0.497 e. The molecular formula is C22H18F2O6S. The number of methoxy groups -OCH3 is 1. The highest BCUT2D eigenvalue weighted by atomic mass is 32.2. The molecule has 0 fully saturated rings. The molecule has 0 aliphatic rings. The van der Waals surface area contributed by atoms with E-state index in [-0.39, 0.29) is 21.8 Å². The summed E-state index contributed by atoms with van der Waals surface area (Å²) in [4.78, 5) is 10.4. The molecule has 1 atom stereocenters. The summed E-state index contributed by atoms with van der Waals surface area (Å²) in [5, 5.41) is 9.04. The van der Waals surface area contributed by atoms with Crippen molar-refractivity contribution in [2.75, 3.05) is 7.11 Å². The fourth-order valence-corrected chi connectivity index (χ4v) is 4.15. The molecule has 0 aliphatic heterocycles. The molecule has 162 valence electrons. The molecule has 3 aromatic rings. The highest BCUT2D eigenvalue weighted by Gasteiger charge is 2.23. The van der Waals surface area contributed by atoms with Gasteiger partial charge in [0.2, 0.25) is 9.84 Å². The number of sulfone groups is 1. The predicted molar refractivity (Wildman–Crippen MR) is 108 cm³/mol. The summed E-state index contributed by atoms with van der Waals surface area (Å²) in [6.45, 7) is 1.29. The van der Waals surface area contributed by atoms with Crippen LogP contribution in [0.3, 0.4) is 0 Å². The van der Waals surface area contributed by atoms with Gasteiger partial charge in [-0.15, -0.1) is 0 Å². The number of hydrogen-bond donors (Lipinski definition) is 1. The van der Waals surface area contributed by atoms with Crippen molar-refractivity contribution in [2.24, 2.45) is 0 Å². The second kappa shape index (κ2) is 8.73. The third-order valence-corrected chi connectivity index (χ3v) is 6.30. The van der Waals surface area contributed by atoms with Crippen molar-refractivity contribution in [1.29, 1.82) is 0 Å². The zero-order valence-electron chi connectivity index (χ0n) is 16.5. The van der Waals surface area contributed by atoms with Crippen LogP contribution in [0.15, 0.2) is 70.5 Å². The van der Waals surface area contributed by atoms with E-state index in [1.807, 2.05) is 0 Å². The molecule has 0 aromatic heterocycles. The van der Waals surface area contributed by atoms with E-state index in [4.69, 9.17) is 14.6 Å². The zero-order valence-corrected chi connectivity index (χ0v) is 17.3. The van der Waals surface area contributed by atoms with Crippen molar-refractivity contribution < 1.29 is 36.6 Å². The molecule has 0 unspecified atom stereocenters. The van der Waals surface area contributed by atoms with Crippen LogP contribution in [0.25, 0.3) is 11.1 Å². The number of rotatable bonds is 7. The second-order valence-electron chi connectivity index (χ2n) is 6.56. The van der Waals surface area contributed by atoms with Crippen molar-refractivity contribution in [2.45, 2.75) is 22.8 Å². The largest absolute Gasteiger partial charge is 0.497 e. The van der Waals surface area contributed by atoms with Crippen molar-refractivity contribution in [3.8, 4) is 22.6 Å². The summed E-state index contributed by atoms with van der Waals surface area (Å²) in [5.74, 6) is -2.47. The SMILES string of the molecule is COc1ccc(S(=O)(=O)c2ccc(-c3cc(F)ccc3O[C@@H](C)C(=O)O)cc2F)cc1. The van der Waals surface area contributed by atoms with Crippen LogP contribution in [-0.4, -0.2) is 32.7 Å². The average molecular weight is 448 g/mol. The lowest BCUT2D eigenvalue weighted by Crippen LogP contribution is -2.23. The first-order chi connectivity index (χ1) is 14.6. The summed E-state index contributed by atoms with van der Waals surface area (Å²) < 4.78 is 64.6. The first-order valence-electron chi connectivity index (χ1n) is 9.01. The Labute approximate surface area is 177 Å². The Morgan fingerprint density at radius 1 is 1.00 bits per heavy atom. The van der Waals surface area contributed by atoms with Crippen LogP contribution >= 0.6 is 0 Å². The van der Waals surface area contributed by atoms with Crippen LogP contribution in [0, 0.1) is 11.6 Å². The minimum atomic E-state index is -4.16. The van der Waals surface area contributed by atoms with Gasteiger partial charge in [0.05, 0.1) is 12.0 Å². The number of benzene rings is 3. The summed E-state index contributed by atoms with van der Waals surface area (Å²) in [7, 11) is -2.72. The van der Waals surface area contributed by atoms with Crippen LogP contribution in [0.4, 0.5) is 8.78 Å². The molecule has 9 heteroatoms. The smallest absolute Gasteiger partial charge is 0.344 e. The van der Waals surface area contributed by atoms with Gasteiger partial charge in [0, 0.05) is 5.56 Å². The van der Waals surface area contributed by atoms with Crippen LogP contribution in [0.1, 0.15) is 6.92 Å². The summed E-state index contributed by atoms with van der Waals surface area (Å²) in [6, 6.07) is 12.1. The quantitative estimate of drug-likeness (QED) is 0.579. The Kier molecular flexibility index (Phi) is 6.26. The van der Waals surface area contributed by atoms with Crippen molar-refractivity contribution >= 4 is 15.8 Å². The van der Waals surface area contributed by atoms with E-state index in [1.165, 1.54) is 50.4 Å². The number of carbonyl (C=O) groups is 1. The van der Waals surface area contributed by atoms with Gasteiger partial charge in [0.25, 0.3) is 0 Å². The van der Waals surface area contributed by atoms with Crippen molar-refractivity contribution in [1.82, 2.24) is 0 Å². The maximum absolute atomic E-state index is 14.9. The summed E-state index contributed by atoms with van der Waals surface area (Å²) in [5.41, 5.74) is 0.207. The molecule has 0 saturated heterocycles. The van der Waals surface area contributed by atoms with Gasteiger partial charge in [-0.05, 0) is 67.1 Å². The monoisotopic (exact) mass is 448 g/mol. The van der Waals surface area contributed by atoms with E-state index in [0.717, 1.165) is 24.3 Å². The van der Waals surface area contributed by atoms with Gasteiger partial charge in [0.15, 0.2) is 6.10 Å². The third kappa shape index (κ3) is 4.66. The highest BCUT2D eigenvalue weighted by Crippen LogP contribution is 2.34. The van der Waals surface area contributed by atoms with Crippen molar-refractivity contribution in [3.63, 3.8) is 0 Å². The lowest BCUT2D eigenvalue weighted by Gasteiger charge is -2.15. The summed E-state index contributed by atoms with van der Waals surface area (Å²) >= 11 is 0. The zero-order chi connectivity index (χ0) is 22.8. The molecule has 0 heterocycles. The molecule has 3 rings (SSSR count). The average Bonchev–Trinajstić information content (AvgIpc) is 2.74. The van der Waals surface area contributed by atoms with Crippen molar-refractivity contribution in [3.05, 3.63) is 72.3 Å². The molecule has 31 heavy (non-hydrogen) atoms. The van der Waals surface area contributed by atoms with Gasteiger partial charge in [-0.2, -0.15) is 0 Å². The first kappa shape index (κ1) is 22.2. The molecule has 0 saturated carbocycles. The molecule has 3 aromatic carbocycles. The lowest BCUT2D eigenvalue weighted by molar-refractivity contribution is -0.144. The number of ether oxygens (including phenoxy) is 2. The normalized spacial score (nSPS) is 12.3. The molecule has 0 bridgehead atoms. The maximum Gasteiger partial charge on any atom is 0.344 e. The van der Waals surface area contributed by atoms with E-state index < -0.39 is 38.4 Å². The van der Waals surface area contributed by atoms with Gasteiger partial charge >= 0.3 is 5.97 Å². The van der Waals surface area contributed by atoms with Gasteiger partial charge in [-0.25, -0.2) is 22.0 Å². The van der Waals surface area contributed by atoms with Gasteiger partial charge in [0.1, 0.15) is 28.0 Å². The fraction of sp³-hybridized carbons (Fsp3) is 0.136. The van der Waals surface area contributed by atoms with E-state index in [0.29, 0.717) is 5.75 Å². The third-order valence-electron chi connectivity index (χ3n) is 4.50. The first-order valence-corrected chi connectivity index (χ1v) is 10.5. The Bertz CT molecular complexity index is 1220. The number of carboxylic acids is 1. The molecule has 0 radical (unpaired) electrons. The van der Waals surface area contributed by atoms with E-state index in [1.54, 1.807) is 0 Å². The van der Waals surface area contributed by atoms with E-state index >= 15 is 0 Å². The second-order valence-corrected chi connectivity index (χ2v) is 8.48. The van der Waals surface area contributed by atoms with Crippen LogP contribution in [0.2, 0.25) is 0 Å². The van der Waals surface area contributed by atoms with Gasteiger partial charge in [-0.1, -0.05) is 6.07 Å². The van der Waals surface area contributed by atoms with E-state index in [9.17, 15) is 22.0 Å². The number of hydrogen-bond acceptors (Lipinski definition) is 5. The Hall–Kier alpha value is -3.46. The molecular weight excluding hydrogens is 430 g/mol. The molecule has 1 N–H and O–H groups in total. The number of halogens is 2. The van der Waals surface area contributed by atoms with Gasteiger partial charge in [-0.3, -0.25) is 0 Å². The molecule has 0 aliphatic carbocycles. The topological polar surface area (TPSA) is 89.9 Å². The lowest BCUT2D eigenvalue weighted by atomic mass is 10.0. The standard InChI is InChI=1S/C22H18F2O6S/c1-13(22(25)26)30-20-9-4-15(23)12-18(20)14-3-10-21(19(24)11-14)31(27,28)17-7-5-16(29-2)6-8-17/h3-13H,1-2H3,(H,25,26)/t13-/m0/s1. The number of carboxylic acid groups (broad SMARTS) is 1. The minimum absolute atomic E-state index is 0.0152. The fourth-order valence-electron chi connectivity index (χ4n) is 2.84. The Morgan fingerprint density at radius 2 is 1.68 bits per heavy atom. The number of aliphatic carboxylic acids is 1. The Balaban J connectivity index is 2.03. The highest BCUT2D eigenvalue weighted by molar-refractivity contribution is 7.91. The maximum atomic E-state index is 14.9. The Morgan fingerprint density at radius 3 is 2.26 bits per heavy atom. The van der Waals surface area contributed by atoms with Crippen LogP contribution < -0.4 is 9.47 Å². The predicted octanol–water partition coefficient (Wildman–Crippen LogP) is 4.33. The molecule has 0 amide bonds. The summed E-state index contributed by atoms with van der Waals surface area (Å²) in [6.07, 6.45) is -1.23. The molecule has 0 spiro atoms. The van der Waals surface area contributed by atoms with Crippen LogP contribution in [0.5, 0.6) is 11.5 Å².